The van der Waals surface area contributed by atoms with Crippen LogP contribution in [0.1, 0.15) is 19.3 Å². The summed E-state index contributed by atoms with van der Waals surface area (Å²) in [6.07, 6.45) is 2.99. The summed E-state index contributed by atoms with van der Waals surface area (Å²) < 4.78 is 12.8. The fraction of sp³-hybridized carbons (Fsp3) is 0.500. The van der Waals surface area contributed by atoms with Gasteiger partial charge in [-0.15, -0.1) is 0 Å². The number of hydrogen-bond acceptors (Lipinski definition) is 1. The average molecular weight is 141 g/mol. The van der Waals surface area contributed by atoms with Gasteiger partial charge in [-0.3, -0.25) is 0 Å². The highest BCUT2D eigenvalue weighted by atomic mass is 19.1. The van der Waals surface area contributed by atoms with E-state index >= 15 is 0 Å². The molecule has 2 heteroatoms. The molecule has 0 aromatic rings. The summed E-state index contributed by atoms with van der Waals surface area (Å²) >= 11 is 0. The number of allylic oxidation sites excluding steroid dienone is 2. The van der Waals surface area contributed by atoms with E-state index in [1.807, 2.05) is 0 Å². The van der Waals surface area contributed by atoms with Gasteiger partial charge in [0.1, 0.15) is 6.17 Å². The van der Waals surface area contributed by atoms with Crippen LogP contribution in [0.4, 0.5) is 4.39 Å². The molecule has 1 aliphatic carbocycles. The standard InChI is InChI=1S/C8H12FN/c1-6-7(5-10)3-2-4-8(6)9/h5,8H,1-4,10H2/b7-5-. The van der Waals surface area contributed by atoms with Gasteiger partial charge in [0.2, 0.25) is 0 Å². The minimum Gasteiger partial charge on any atom is -0.404 e. The number of nitrogens with two attached hydrogens (primary N) is 1. The number of hydrogen-bond donors (Lipinski definition) is 1. The second-order valence-electron chi connectivity index (χ2n) is 2.58. The molecule has 1 saturated carbocycles. The van der Waals surface area contributed by atoms with Crippen molar-refractivity contribution in [1.29, 1.82) is 0 Å². The minimum atomic E-state index is -0.858. The van der Waals surface area contributed by atoms with Crippen LogP contribution in [0, 0.1) is 0 Å². The average Bonchev–Trinajstić information content (AvgIpc) is 1.95. The van der Waals surface area contributed by atoms with E-state index in [2.05, 4.69) is 6.58 Å². The molecule has 0 amide bonds. The molecule has 1 aliphatic rings. The fourth-order valence-electron chi connectivity index (χ4n) is 1.20. The molecule has 1 fully saturated rings. The van der Waals surface area contributed by atoms with E-state index in [4.69, 9.17) is 5.73 Å². The van der Waals surface area contributed by atoms with Crippen LogP contribution in [0.2, 0.25) is 0 Å². The summed E-state index contributed by atoms with van der Waals surface area (Å²) in [4.78, 5) is 0. The Balaban J connectivity index is 2.69. The van der Waals surface area contributed by atoms with Crippen molar-refractivity contribution >= 4 is 0 Å². The van der Waals surface area contributed by atoms with E-state index in [0.29, 0.717) is 12.0 Å². The normalized spacial score (nSPS) is 31.1. The van der Waals surface area contributed by atoms with Gasteiger partial charge in [-0.05, 0) is 36.6 Å². The Morgan fingerprint density at radius 2 is 2.40 bits per heavy atom. The lowest BCUT2D eigenvalue weighted by molar-refractivity contribution is 0.340. The van der Waals surface area contributed by atoms with Gasteiger partial charge in [0, 0.05) is 0 Å². The number of halogens is 1. The third-order valence-electron chi connectivity index (χ3n) is 1.90. The van der Waals surface area contributed by atoms with Crippen molar-refractivity contribution in [3.05, 3.63) is 23.9 Å². The first-order chi connectivity index (χ1) is 4.75. The van der Waals surface area contributed by atoms with Gasteiger partial charge >= 0.3 is 0 Å². The van der Waals surface area contributed by atoms with Crippen molar-refractivity contribution < 1.29 is 4.39 Å². The molecule has 0 aliphatic heterocycles. The zero-order valence-electron chi connectivity index (χ0n) is 5.94. The predicted molar refractivity (Wildman–Crippen MR) is 40.2 cm³/mol. The molecule has 1 nitrogen and oxygen atoms in total. The lowest BCUT2D eigenvalue weighted by Gasteiger charge is -2.19. The van der Waals surface area contributed by atoms with Crippen LogP contribution in [-0.4, -0.2) is 6.17 Å². The molecule has 10 heavy (non-hydrogen) atoms. The molecule has 0 bridgehead atoms. The second-order valence-corrected chi connectivity index (χ2v) is 2.58. The lowest BCUT2D eigenvalue weighted by Crippen LogP contribution is -2.12. The van der Waals surface area contributed by atoms with E-state index in [1.54, 1.807) is 0 Å². The summed E-state index contributed by atoms with van der Waals surface area (Å²) in [5, 5.41) is 0. The maximum Gasteiger partial charge on any atom is 0.125 e. The second kappa shape index (κ2) is 2.86. The molecule has 0 aromatic carbocycles. The summed E-state index contributed by atoms with van der Waals surface area (Å²) in [7, 11) is 0. The van der Waals surface area contributed by atoms with E-state index in [-0.39, 0.29) is 0 Å². The van der Waals surface area contributed by atoms with Crippen molar-refractivity contribution in [3.63, 3.8) is 0 Å². The molecule has 0 spiro atoms. The molecule has 2 N–H and O–H groups in total. The van der Waals surface area contributed by atoms with Crippen molar-refractivity contribution in [2.75, 3.05) is 0 Å². The quantitative estimate of drug-likeness (QED) is 0.548. The van der Waals surface area contributed by atoms with Crippen LogP contribution in [0.5, 0.6) is 0 Å². The molecule has 1 unspecified atom stereocenters. The van der Waals surface area contributed by atoms with Crippen molar-refractivity contribution in [3.8, 4) is 0 Å². The molecule has 1 rings (SSSR count). The van der Waals surface area contributed by atoms with Gasteiger partial charge in [0.25, 0.3) is 0 Å². The van der Waals surface area contributed by atoms with Gasteiger partial charge in [-0.25, -0.2) is 4.39 Å². The predicted octanol–water partition coefficient (Wildman–Crippen LogP) is 1.91. The number of alkyl halides is 1. The molecule has 56 valence electrons. The zero-order chi connectivity index (χ0) is 7.56. The Labute approximate surface area is 60.4 Å². The third kappa shape index (κ3) is 1.20. The minimum absolute atomic E-state index is 0.578. The Bertz CT molecular complexity index is 172. The molecule has 0 aromatic heterocycles. The van der Waals surface area contributed by atoms with Crippen molar-refractivity contribution in [1.82, 2.24) is 0 Å². The summed E-state index contributed by atoms with van der Waals surface area (Å²) in [6.45, 7) is 3.62. The molecule has 0 saturated heterocycles. The van der Waals surface area contributed by atoms with Crippen molar-refractivity contribution in [2.24, 2.45) is 5.73 Å². The first-order valence-electron chi connectivity index (χ1n) is 3.49. The van der Waals surface area contributed by atoms with Gasteiger partial charge in [-0.2, -0.15) is 0 Å². The first-order valence-corrected chi connectivity index (χ1v) is 3.49. The van der Waals surface area contributed by atoms with Gasteiger partial charge in [0.15, 0.2) is 0 Å². The SMILES string of the molecule is C=C1/C(=C\N)CCCC1F. The highest BCUT2D eigenvalue weighted by molar-refractivity contribution is 5.32. The van der Waals surface area contributed by atoms with E-state index in [1.165, 1.54) is 6.20 Å². The Morgan fingerprint density at radius 1 is 1.70 bits per heavy atom. The zero-order valence-corrected chi connectivity index (χ0v) is 5.94. The smallest absolute Gasteiger partial charge is 0.125 e. The third-order valence-corrected chi connectivity index (χ3v) is 1.90. The lowest BCUT2D eigenvalue weighted by atomic mass is 9.90. The van der Waals surface area contributed by atoms with Gasteiger partial charge in [-0.1, -0.05) is 6.58 Å². The van der Waals surface area contributed by atoms with Gasteiger partial charge < -0.3 is 5.73 Å². The molecular weight excluding hydrogens is 129 g/mol. The van der Waals surface area contributed by atoms with Crippen molar-refractivity contribution in [2.45, 2.75) is 25.4 Å². The molecular formula is C8H12FN. The van der Waals surface area contributed by atoms with Crippen LogP contribution < -0.4 is 5.73 Å². The molecule has 0 heterocycles. The fourth-order valence-corrected chi connectivity index (χ4v) is 1.20. The van der Waals surface area contributed by atoms with Crippen LogP contribution >= 0.6 is 0 Å². The summed E-state index contributed by atoms with van der Waals surface area (Å²) in [6, 6.07) is 0. The van der Waals surface area contributed by atoms with E-state index in [9.17, 15) is 4.39 Å². The topological polar surface area (TPSA) is 26.0 Å². The summed E-state index contributed by atoms with van der Waals surface area (Å²) in [5.74, 6) is 0. The Kier molecular flexibility index (Phi) is 2.10. The molecule has 1 atom stereocenters. The highest BCUT2D eigenvalue weighted by Crippen LogP contribution is 2.28. The van der Waals surface area contributed by atoms with Gasteiger partial charge in [0.05, 0.1) is 0 Å². The Hall–Kier alpha value is -0.790. The highest BCUT2D eigenvalue weighted by Gasteiger charge is 2.19. The maximum atomic E-state index is 12.8. The van der Waals surface area contributed by atoms with E-state index < -0.39 is 6.17 Å². The monoisotopic (exact) mass is 141 g/mol. The van der Waals surface area contributed by atoms with Crippen LogP contribution in [0.15, 0.2) is 23.9 Å². The van der Waals surface area contributed by atoms with Crippen LogP contribution in [-0.2, 0) is 0 Å². The largest absolute Gasteiger partial charge is 0.404 e. The Morgan fingerprint density at radius 3 is 2.90 bits per heavy atom. The first kappa shape index (κ1) is 7.32. The van der Waals surface area contributed by atoms with Crippen LogP contribution in [0.25, 0.3) is 0 Å². The maximum absolute atomic E-state index is 12.8. The summed E-state index contributed by atoms with van der Waals surface area (Å²) in [5.41, 5.74) is 6.73. The molecule has 0 radical (unpaired) electrons. The number of rotatable bonds is 0. The van der Waals surface area contributed by atoms with E-state index in [0.717, 1.165) is 18.4 Å². The van der Waals surface area contributed by atoms with Crippen LogP contribution in [0.3, 0.4) is 0 Å².